The predicted octanol–water partition coefficient (Wildman–Crippen LogP) is 4.46. The summed E-state index contributed by atoms with van der Waals surface area (Å²) in [6.45, 7) is 4.63. The van der Waals surface area contributed by atoms with Gasteiger partial charge in [0.15, 0.2) is 0 Å². The van der Waals surface area contributed by atoms with E-state index in [2.05, 4.69) is 5.32 Å². The minimum absolute atomic E-state index is 0.0363. The number of piperidine rings is 1. The lowest BCUT2D eigenvalue weighted by Crippen LogP contribution is -2.39. The molecule has 0 bridgehead atoms. The molecule has 0 spiro atoms. The van der Waals surface area contributed by atoms with Crippen molar-refractivity contribution in [3.05, 3.63) is 58.4 Å². The molecule has 1 fully saturated rings. The Morgan fingerprint density at radius 3 is 2.71 bits per heavy atom. The number of hydrogen-bond donors (Lipinski definition) is 1. The van der Waals surface area contributed by atoms with E-state index >= 15 is 0 Å². The maximum atomic E-state index is 13.9. The summed E-state index contributed by atoms with van der Waals surface area (Å²) in [5.41, 5.74) is 0.915. The number of halogens is 2. The van der Waals surface area contributed by atoms with Crippen LogP contribution in [0.5, 0.6) is 0 Å². The van der Waals surface area contributed by atoms with Gasteiger partial charge in [0.1, 0.15) is 10.7 Å². The number of rotatable bonds is 4. The molecule has 0 radical (unpaired) electrons. The Kier molecular flexibility index (Phi) is 6.07. The lowest BCUT2D eigenvalue weighted by molar-refractivity contribution is 0.102. The second-order valence-electron chi connectivity index (χ2n) is 7.19. The standard InChI is InChI=1S/C20H22ClFN2O3S/c1-13-5-8-17(22)18(10-13)23-20(25)15-6-7-16(21)19(11-15)28(26,27)24-9-3-4-14(2)12-24/h5-8,10-11,14H,3-4,9,12H2,1-2H3,(H,23,25). The van der Waals surface area contributed by atoms with Crippen molar-refractivity contribution >= 4 is 33.2 Å². The Labute approximate surface area is 169 Å². The molecule has 1 aliphatic rings. The average molecular weight is 425 g/mol. The smallest absolute Gasteiger partial charge is 0.255 e. The molecule has 1 amide bonds. The third-order valence-corrected chi connectivity index (χ3v) is 7.15. The summed E-state index contributed by atoms with van der Waals surface area (Å²) in [5, 5.41) is 2.54. The monoisotopic (exact) mass is 424 g/mol. The van der Waals surface area contributed by atoms with Crippen LogP contribution in [0.1, 0.15) is 35.7 Å². The summed E-state index contributed by atoms with van der Waals surface area (Å²) >= 11 is 6.15. The number of nitrogens with one attached hydrogen (secondary N) is 1. The molecule has 5 nitrogen and oxygen atoms in total. The Morgan fingerprint density at radius 1 is 1.25 bits per heavy atom. The van der Waals surface area contributed by atoms with Crippen LogP contribution in [0.15, 0.2) is 41.3 Å². The van der Waals surface area contributed by atoms with Crippen molar-refractivity contribution in [2.75, 3.05) is 18.4 Å². The minimum atomic E-state index is -3.82. The average Bonchev–Trinajstić information content (AvgIpc) is 2.65. The van der Waals surface area contributed by atoms with E-state index < -0.39 is 21.7 Å². The summed E-state index contributed by atoms with van der Waals surface area (Å²) in [4.78, 5) is 12.5. The van der Waals surface area contributed by atoms with Crippen LogP contribution >= 0.6 is 11.6 Å². The van der Waals surface area contributed by atoms with E-state index in [1.807, 2.05) is 6.92 Å². The van der Waals surface area contributed by atoms with Crippen LogP contribution in [0.2, 0.25) is 5.02 Å². The number of sulfonamides is 1. The Hall–Kier alpha value is -1.96. The van der Waals surface area contributed by atoms with E-state index in [0.29, 0.717) is 13.1 Å². The van der Waals surface area contributed by atoms with Crippen molar-refractivity contribution in [1.29, 1.82) is 0 Å². The molecule has 1 unspecified atom stereocenters. The van der Waals surface area contributed by atoms with Gasteiger partial charge in [0.05, 0.1) is 10.7 Å². The van der Waals surface area contributed by atoms with Gasteiger partial charge in [-0.1, -0.05) is 24.6 Å². The molecule has 8 heteroatoms. The van der Waals surface area contributed by atoms with Gasteiger partial charge < -0.3 is 5.32 Å². The first-order valence-corrected chi connectivity index (χ1v) is 10.9. The predicted molar refractivity (Wildman–Crippen MR) is 108 cm³/mol. The van der Waals surface area contributed by atoms with Gasteiger partial charge >= 0.3 is 0 Å². The fourth-order valence-corrected chi connectivity index (χ4v) is 5.37. The van der Waals surface area contributed by atoms with Gasteiger partial charge in [-0.05, 0) is 61.6 Å². The quantitative estimate of drug-likeness (QED) is 0.787. The zero-order valence-electron chi connectivity index (χ0n) is 15.7. The molecule has 3 rings (SSSR count). The molecule has 150 valence electrons. The van der Waals surface area contributed by atoms with Crippen molar-refractivity contribution in [2.45, 2.75) is 31.6 Å². The second-order valence-corrected chi connectivity index (χ2v) is 9.51. The first kappa shape index (κ1) is 20.8. The molecular formula is C20H22ClFN2O3S. The number of anilines is 1. The van der Waals surface area contributed by atoms with Gasteiger partial charge in [0.25, 0.3) is 5.91 Å². The third kappa shape index (κ3) is 4.37. The molecule has 0 aromatic heterocycles. The van der Waals surface area contributed by atoms with E-state index in [1.54, 1.807) is 13.0 Å². The number of amides is 1. The first-order chi connectivity index (χ1) is 13.2. The zero-order valence-corrected chi connectivity index (χ0v) is 17.3. The van der Waals surface area contributed by atoms with E-state index in [-0.39, 0.29) is 27.1 Å². The fourth-order valence-electron chi connectivity index (χ4n) is 3.28. The van der Waals surface area contributed by atoms with Gasteiger partial charge in [-0.15, -0.1) is 0 Å². The lowest BCUT2D eigenvalue weighted by Gasteiger charge is -2.30. The maximum Gasteiger partial charge on any atom is 0.255 e. The molecule has 1 N–H and O–H groups in total. The highest BCUT2D eigenvalue weighted by Crippen LogP contribution is 2.29. The summed E-state index contributed by atoms with van der Waals surface area (Å²) in [5.74, 6) is -0.911. The lowest BCUT2D eigenvalue weighted by atomic mass is 10.0. The first-order valence-electron chi connectivity index (χ1n) is 9.05. The van der Waals surface area contributed by atoms with Crippen molar-refractivity contribution in [3.63, 3.8) is 0 Å². The minimum Gasteiger partial charge on any atom is -0.319 e. The summed E-state index contributed by atoms with van der Waals surface area (Å²) < 4.78 is 41.4. The Balaban J connectivity index is 1.90. The number of benzene rings is 2. The van der Waals surface area contributed by atoms with E-state index in [4.69, 9.17) is 11.6 Å². The largest absolute Gasteiger partial charge is 0.319 e. The normalized spacial score (nSPS) is 18.1. The van der Waals surface area contributed by atoms with Crippen LogP contribution in [0.4, 0.5) is 10.1 Å². The number of aryl methyl sites for hydroxylation is 1. The van der Waals surface area contributed by atoms with Gasteiger partial charge in [0, 0.05) is 18.7 Å². The highest BCUT2D eigenvalue weighted by molar-refractivity contribution is 7.89. The number of carbonyl (C=O) groups excluding carboxylic acids is 1. The van der Waals surface area contributed by atoms with Crippen LogP contribution in [0, 0.1) is 18.7 Å². The van der Waals surface area contributed by atoms with Crippen molar-refractivity contribution in [3.8, 4) is 0 Å². The summed E-state index contributed by atoms with van der Waals surface area (Å²) in [6.07, 6.45) is 1.76. The van der Waals surface area contributed by atoms with Gasteiger partial charge in [-0.25, -0.2) is 12.8 Å². The van der Waals surface area contributed by atoms with Crippen molar-refractivity contribution in [1.82, 2.24) is 4.31 Å². The van der Waals surface area contributed by atoms with Crippen molar-refractivity contribution in [2.24, 2.45) is 5.92 Å². The number of hydrogen-bond acceptors (Lipinski definition) is 3. The van der Waals surface area contributed by atoms with E-state index in [9.17, 15) is 17.6 Å². The summed E-state index contributed by atoms with van der Waals surface area (Å²) in [6, 6.07) is 8.42. The van der Waals surface area contributed by atoms with E-state index in [1.165, 1.54) is 34.6 Å². The topological polar surface area (TPSA) is 66.5 Å². The Morgan fingerprint density at radius 2 is 2.00 bits per heavy atom. The molecule has 28 heavy (non-hydrogen) atoms. The van der Waals surface area contributed by atoms with Gasteiger partial charge in [-0.2, -0.15) is 4.31 Å². The summed E-state index contributed by atoms with van der Waals surface area (Å²) in [7, 11) is -3.82. The van der Waals surface area contributed by atoms with Crippen LogP contribution in [0.25, 0.3) is 0 Å². The SMILES string of the molecule is Cc1ccc(F)c(NC(=O)c2ccc(Cl)c(S(=O)(=O)N3CCCC(C)C3)c2)c1. The molecule has 1 saturated heterocycles. The molecule has 2 aromatic rings. The van der Waals surface area contributed by atoms with Crippen LogP contribution in [0.3, 0.4) is 0 Å². The van der Waals surface area contributed by atoms with Gasteiger partial charge in [0.2, 0.25) is 10.0 Å². The second kappa shape index (κ2) is 8.19. The molecule has 1 atom stereocenters. The molecule has 0 aliphatic carbocycles. The fraction of sp³-hybridized carbons (Fsp3) is 0.350. The number of nitrogens with zero attached hydrogens (tertiary/aromatic N) is 1. The highest BCUT2D eigenvalue weighted by Gasteiger charge is 2.31. The third-order valence-electron chi connectivity index (χ3n) is 4.80. The van der Waals surface area contributed by atoms with Crippen LogP contribution in [-0.4, -0.2) is 31.7 Å². The molecule has 1 heterocycles. The van der Waals surface area contributed by atoms with Gasteiger partial charge in [-0.3, -0.25) is 4.79 Å². The molecule has 2 aromatic carbocycles. The molecular weight excluding hydrogens is 403 g/mol. The molecule has 0 saturated carbocycles. The van der Waals surface area contributed by atoms with Crippen LogP contribution < -0.4 is 5.32 Å². The Bertz CT molecular complexity index is 1010. The highest BCUT2D eigenvalue weighted by atomic mass is 35.5. The van der Waals surface area contributed by atoms with E-state index in [0.717, 1.165) is 18.4 Å². The van der Waals surface area contributed by atoms with Crippen LogP contribution in [-0.2, 0) is 10.0 Å². The maximum absolute atomic E-state index is 13.9. The molecule has 1 aliphatic heterocycles. The van der Waals surface area contributed by atoms with Crippen molar-refractivity contribution < 1.29 is 17.6 Å². The zero-order chi connectivity index (χ0) is 20.5. The number of carbonyl (C=O) groups is 1.